The lowest BCUT2D eigenvalue weighted by Gasteiger charge is -2.30. The highest BCUT2D eigenvalue weighted by molar-refractivity contribution is 7.26. The van der Waals surface area contributed by atoms with Crippen LogP contribution in [0.4, 0.5) is 17.1 Å². The van der Waals surface area contributed by atoms with Gasteiger partial charge in [0.05, 0.1) is 5.69 Å². The first-order valence-corrected chi connectivity index (χ1v) is 22.0. The molecule has 292 valence electrons. The van der Waals surface area contributed by atoms with Crippen molar-refractivity contribution in [3.8, 4) is 66.8 Å². The second-order valence-electron chi connectivity index (χ2n) is 15.6. The van der Waals surface area contributed by atoms with Gasteiger partial charge in [0.15, 0.2) is 0 Å². The Bertz CT molecular complexity index is 3300. The third kappa shape index (κ3) is 6.97. The van der Waals surface area contributed by atoms with Crippen LogP contribution in [0.15, 0.2) is 249 Å². The first-order chi connectivity index (χ1) is 30.8. The Kier molecular flexibility index (Phi) is 9.82. The molecule has 10 aromatic carbocycles. The van der Waals surface area contributed by atoms with Crippen LogP contribution < -0.4 is 4.90 Å². The van der Waals surface area contributed by atoms with E-state index in [-0.39, 0.29) is 0 Å². The summed E-state index contributed by atoms with van der Waals surface area (Å²) < 4.78 is 2.64. The highest BCUT2D eigenvalue weighted by Crippen LogP contribution is 2.49. The predicted molar refractivity (Wildman–Crippen MR) is 267 cm³/mol. The van der Waals surface area contributed by atoms with Crippen molar-refractivity contribution < 1.29 is 0 Å². The summed E-state index contributed by atoms with van der Waals surface area (Å²) in [5.74, 6) is 0. The highest BCUT2D eigenvalue weighted by atomic mass is 32.1. The zero-order chi connectivity index (χ0) is 41.2. The molecule has 0 saturated heterocycles. The maximum atomic E-state index is 2.44. The minimum Gasteiger partial charge on any atom is -0.310 e. The van der Waals surface area contributed by atoms with Crippen LogP contribution in [0, 0.1) is 0 Å². The number of anilines is 3. The molecule has 11 rings (SSSR count). The Morgan fingerprint density at radius 2 is 0.661 bits per heavy atom. The lowest BCUT2D eigenvalue weighted by Crippen LogP contribution is -2.12. The van der Waals surface area contributed by atoms with Crippen molar-refractivity contribution >= 4 is 48.6 Å². The normalized spacial score (nSPS) is 11.2. The van der Waals surface area contributed by atoms with Gasteiger partial charge in [0.25, 0.3) is 0 Å². The van der Waals surface area contributed by atoms with Crippen LogP contribution in [0.5, 0.6) is 0 Å². The molecule has 62 heavy (non-hydrogen) atoms. The van der Waals surface area contributed by atoms with E-state index in [0.717, 1.165) is 17.1 Å². The van der Waals surface area contributed by atoms with E-state index in [0.29, 0.717) is 0 Å². The fourth-order valence-corrected chi connectivity index (χ4v) is 10.2. The summed E-state index contributed by atoms with van der Waals surface area (Å²) in [6, 6.07) is 90.3. The third-order valence-electron chi connectivity index (χ3n) is 11.9. The molecule has 0 unspecified atom stereocenters. The van der Waals surface area contributed by atoms with E-state index >= 15 is 0 Å². The van der Waals surface area contributed by atoms with E-state index in [9.17, 15) is 0 Å². The lowest BCUT2D eigenvalue weighted by molar-refractivity contribution is 1.28. The number of thiophene rings is 1. The highest BCUT2D eigenvalue weighted by Gasteiger charge is 2.23. The molecule has 2 heteroatoms. The maximum Gasteiger partial charge on any atom is 0.0546 e. The molecule has 0 saturated carbocycles. The second kappa shape index (κ2) is 16.3. The van der Waals surface area contributed by atoms with E-state index in [1.807, 2.05) is 11.3 Å². The van der Waals surface area contributed by atoms with Gasteiger partial charge in [-0.15, -0.1) is 11.3 Å². The molecule has 0 aliphatic carbocycles. The van der Waals surface area contributed by atoms with Crippen molar-refractivity contribution in [3.63, 3.8) is 0 Å². The van der Waals surface area contributed by atoms with Crippen molar-refractivity contribution in [1.29, 1.82) is 0 Å². The zero-order valence-electron chi connectivity index (χ0n) is 34.0. The van der Waals surface area contributed by atoms with Crippen molar-refractivity contribution in [3.05, 3.63) is 249 Å². The molecule has 1 nitrogen and oxygen atoms in total. The summed E-state index contributed by atoms with van der Waals surface area (Å²) in [6.45, 7) is 0. The summed E-state index contributed by atoms with van der Waals surface area (Å²) in [4.78, 5) is 2.44. The van der Waals surface area contributed by atoms with Crippen LogP contribution in [0.25, 0.3) is 86.9 Å². The molecule has 0 aliphatic rings. The third-order valence-corrected chi connectivity index (χ3v) is 13.2. The van der Waals surface area contributed by atoms with Gasteiger partial charge < -0.3 is 4.90 Å². The Labute approximate surface area is 367 Å². The minimum atomic E-state index is 1.08. The van der Waals surface area contributed by atoms with E-state index < -0.39 is 0 Å². The smallest absolute Gasteiger partial charge is 0.0546 e. The first-order valence-electron chi connectivity index (χ1n) is 21.2. The molecule has 0 N–H and O–H groups in total. The van der Waals surface area contributed by atoms with Crippen LogP contribution in [0.1, 0.15) is 0 Å². The van der Waals surface area contributed by atoms with Crippen molar-refractivity contribution in [1.82, 2.24) is 0 Å². The van der Waals surface area contributed by atoms with E-state index in [1.54, 1.807) is 0 Å². The van der Waals surface area contributed by atoms with Gasteiger partial charge in [0, 0.05) is 37.1 Å². The molecule has 0 spiro atoms. The Balaban J connectivity index is 1.08. The molecule has 1 heterocycles. The molecular formula is C60H41NS. The van der Waals surface area contributed by atoms with Gasteiger partial charge in [-0.25, -0.2) is 0 Å². The predicted octanol–water partition coefficient (Wildman–Crippen LogP) is 17.5. The van der Waals surface area contributed by atoms with E-state index in [2.05, 4.69) is 254 Å². The molecule has 0 radical (unpaired) electrons. The summed E-state index contributed by atoms with van der Waals surface area (Å²) in [7, 11) is 0. The summed E-state index contributed by atoms with van der Waals surface area (Å²) in [5.41, 5.74) is 17.6. The molecule has 0 amide bonds. The van der Waals surface area contributed by atoms with Crippen molar-refractivity contribution in [2.75, 3.05) is 4.90 Å². The zero-order valence-corrected chi connectivity index (χ0v) is 34.8. The minimum absolute atomic E-state index is 1.08. The van der Waals surface area contributed by atoms with E-state index in [1.165, 1.54) is 86.9 Å². The largest absolute Gasteiger partial charge is 0.310 e. The van der Waals surface area contributed by atoms with Gasteiger partial charge in [-0.3, -0.25) is 0 Å². The molecule has 0 atom stereocenters. The average Bonchev–Trinajstić information content (AvgIpc) is 3.75. The van der Waals surface area contributed by atoms with Crippen LogP contribution in [0.3, 0.4) is 0 Å². The van der Waals surface area contributed by atoms with Gasteiger partial charge in [-0.2, -0.15) is 0 Å². The summed E-state index contributed by atoms with van der Waals surface area (Å²) in [5, 5.41) is 2.62. The van der Waals surface area contributed by atoms with Gasteiger partial charge in [0.1, 0.15) is 0 Å². The van der Waals surface area contributed by atoms with Crippen LogP contribution >= 0.6 is 11.3 Å². The van der Waals surface area contributed by atoms with Crippen LogP contribution in [-0.4, -0.2) is 0 Å². The van der Waals surface area contributed by atoms with E-state index in [4.69, 9.17) is 0 Å². The SMILES string of the molecule is c1ccc(-c2ccc(-c3ccc(N(c4ccc(-c5cccc6c5sc5ccccc56)cc4)c4cccc(-c5ccccc5)c4-c4ccccc4-c4ccccc4)cc3)cc2)cc1. The quantitative estimate of drug-likeness (QED) is 0.140. The lowest BCUT2D eigenvalue weighted by atomic mass is 9.87. The van der Waals surface area contributed by atoms with Crippen LogP contribution in [0.2, 0.25) is 0 Å². The van der Waals surface area contributed by atoms with Gasteiger partial charge >= 0.3 is 0 Å². The monoisotopic (exact) mass is 807 g/mol. The van der Waals surface area contributed by atoms with Gasteiger partial charge in [-0.05, 0) is 97.6 Å². The van der Waals surface area contributed by atoms with Crippen molar-refractivity contribution in [2.45, 2.75) is 0 Å². The standard InChI is InChI=1S/C60H41NS/c1-4-16-42(17-5-1)43-30-32-44(33-31-43)45-34-38-49(39-35-45)61(50-40-36-48(37-41-50)53-26-14-27-56-54-23-12-13-29-58(54)62-60(53)56)57-28-15-25-52(47-20-8-3-9-21-47)59(57)55-24-11-10-22-51(55)46-18-6-2-7-19-46/h1-41H. The fraction of sp³-hybridized carbons (Fsp3) is 0. The molecule has 0 aliphatic heterocycles. The topological polar surface area (TPSA) is 3.24 Å². The number of hydrogen-bond donors (Lipinski definition) is 0. The molecule has 1 aromatic heterocycles. The Morgan fingerprint density at radius 1 is 0.258 bits per heavy atom. The van der Waals surface area contributed by atoms with Crippen LogP contribution in [-0.2, 0) is 0 Å². The van der Waals surface area contributed by atoms with Crippen molar-refractivity contribution in [2.24, 2.45) is 0 Å². The molecular weight excluding hydrogens is 767 g/mol. The number of hydrogen-bond acceptors (Lipinski definition) is 2. The van der Waals surface area contributed by atoms with Gasteiger partial charge in [0.2, 0.25) is 0 Å². The van der Waals surface area contributed by atoms with Gasteiger partial charge in [-0.1, -0.05) is 212 Å². The second-order valence-corrected chi connectivity index (χ2v) is 16.7. The summed E-state index contributed by atoms with van der Waals surface area (Å²) in [6.07, 6.45) is 0. The Morgan fingerprint density at radius 3 is 1.29 bits per heavy atom. The number of benzene rings is 10. The summed E-state index contributed by atoms with van der Waals surface area (Å²) >= 11 is 1.87. The molecule has 0 bridgehead atoms. The number of nitrogens with zero attached hydrogens (tertiary/aromatic N) is 1. The Hall–Kier alpha value is -7.78. The molecule has 11 aromatic rings. The average molecular weight is 808 g/mol. The first kappa shape index (κ1) is 37.2. The number of rotatable bonds is 9. The maximum absolute atomic E-state index is 2.44. The number of fused-ring (bicyclic) bond motifs is 3. The fourth-order valence-electron chi connectivity index (χ4n) is 8.92. The molecule has 0 fully saturated rings.